The molecule has 186 valence electrons. The lowest BCUT2D eigenvalue weighted by atomic mass is 10.1. The number of ether oxygens (including phenoxy) is 1. The van der Waals surface area contributed by atoms with Gasteiger partial charge in [0.15, 0.2) is 0 Å². The minimum absolute atomic E-state index is 0.184. The molecular formula is C24H32FN3O5S. The highest BCUT2D eigenvalue weighted by Gasteiger charge is 2.31. The number of nitrogens with zero attached hydrogens (tertiary/aromatic N) is 2. The molecular weight excluding hydrogens is 461 g/mol. The van der Waals surface area contributed by atoms with Gasteiger partial charge in [0, 0.05) is 18.7 Å². The molecule has 1 N–H and O–H groups in total. The number of rotatable bonds is 11. The second-order valence-electron chi connectivity index (χ2n) is 8.37. The maximum absolute atomic E-state index is 14.4. The summed E-state index contributed by atoms with van der Waals surface area (Å²) in [5.41, 5.74) is 0.395. The Balaban J connectivity index is 2.42. The number of hydrogen-bond donors (Lipinski definition) is 1. The Hall–Kier alpha value is -3.14. The molecule has 0 aliphatic heterocycles. The fourth-order valence-corrected chi connectivity index (χ4v) is 4.13. The first-order valence-corrected chi connectivity index (χ1v) is 12.7. The Kier molecular flexibility index (Phi) is 9.43. The quantitative estimate of drug-likeness (QED) is 0.519. The summed E-state index contributed by atoms with van der Waals surface area (Å²) in [4.78, 5) is 27.4. The highest BCUT2D eigenvalue weighted by Crippen LogP contribution is 2.29. The van der Waals surface area contributed by atoms with Gasteiger partial charge in [0.05, 0.1) is 19.1 Å². The van der Waals surface area contributed by atoms with Gasteiger partial charge in [-0.05, 0) is 31.0 Å². The highest BCUT2D eigenvalue weighted by molar-refractivity contribution is 7.92. The molecule has 0 radical (unpaired) electrons. The standard InChI is InChI=1S/C24H32FN3O5S/c1-17(2)14-26-24(30)18(3)27(15-19-10-6-7-11-20(19)25)23(29)16-28(34(5,31)32)21-12-8-9-13-22(21)33-4/h6-13,17-18H,14-16H2,1-5H3,(H,26,30)/t18-/m0/s1. The zero-order valence-electron chi connectivity index (χ0n) is 20.1. The molecule has 8 nitrogen and oxygen atoms in total. The molecule has 0 aliphatic rings. The lowest BCUT2D eigenvalue weighted by molar-refractivity contribution is -0.139. The summed E-state index contributed by atoms with van der Waals surface area (Å²) in [6, 6.07) is 11.4. The third-order valence-electron chi connectivity index (χ3n) is 5.18. The SMILES string of the molecule is COc1ccccc1N(CC(=O)N(Cc1ccccc1F)[C@@H](C)C(=O)NCC(C)C)S(C)(=O)=O. The average Bonchev–Trinajstić information content (AvgIpc) is 2.79. The largest absolute Gasteiger partial charge is 0.495 e. The van der Waals surface area contributed by atoms with E-state index in [1.165, 1.54) is 43.2 Å². The van der Waals surface area contributed by atoms with Crippen LogP contribution < -0.4 is 14.4 Å². The monoisotopic (exact) mass is 493 g/mol. The van der Waals surface area contributed by atoms with Gasteiger partial charge in [-0.15, -0.1) is 0 Å². The second-order valence-corrected chi connectivity index (χ2v) is 10.3. The van der Waals surface area contributed by atoms with Crippen molar-refractivity contribution >= 4 is 27.5 Å². The smallest absolute Gasteiger partial charge is 0.244 e. The maximum Gasteiger partial charge on any atom is 0.244 e. The van der Waals surface area contributed by atoms with E-state index < -0.39 is 40.2 Å². The Morgan fingerprint density at radius 1 is 1.06 bits per heavy atom. The molecule has 2 aromatic carbocycles. The minimum atomic E-state index is -3.90. The lowest BCUT2D eigenvalue weighted by Gasteiger charge is -2.32. The van der Waals surface area contributed by atoms with Gasteiger partial charge in [-0.1, -0.05) is 44.2 Å². The van der Waals surface area contributed by atoms with E-state index in [1.807, 2.05) is 13.8 Å². The number of anilines is 1. The number of para-hydroxylation sites is 2. The number of hydrogen-bond acceptors (Lipinski definition) is 5. The number of amides is 2. The maximum atomic E-state index is 14.4. The lowest BCUT2D eigenvalue weighted by Crippen LogP contribution is -2.51. The van der Waals surface area contributed by atoms with Crippen molar-refractivity contribution < 1.29 is 27.1 Å². The van der Waals surface area contributed by atoms with E-state index in [1.54, 1.807) is 24.3 Å². The average molecular weight is 494 g/mol. The van der Waals surface area contributed by atoms with Crippen molar-refractivity contribution in [2.75, 3.05) is 30.8 Å². The number of halogens is 1. The van der Waals surface area contributed by atoms with Crippen LogP contribution in [0, 0.1) is 11.7 Å². The summed E-state index contributed by atoms with van der Waals surface area (Å²) in [6.45, 7) is 5.01. The van der Waals surface area contributed by atoms with Gasteiger partial charge in [-0.2, -0.15) is 0 Å². The number of methoxy groups -OCH3 is 1. The third-order valence-corrected chi connectivity index (χ3v) is 6.31. The second kappa shape index (κ2) is 11.8. The van der Waals surface area contributed by atoms with E-state index in [-0.39, 0.29) is 29.5 Å². The molecule has 0 unspecified atom stereocenters. The summed E-state index contributed by atoms with van der Waals surface area (Å²) < 4.78 is 45.8. The zero-order valence-corrected chi connectivity index (χ0v) is 20.9. The molecule has 2 rings (SSSR count). The zero-order chi connectivity index (χ0) is 25.5. The van der Waals surface area contributed by atoms with Gasteiger partial charge < -0.3 is 15.0 Å². The molecule has 0 aromatic heterocycles. The fourth-order valence-electron chi connectivity index (χ4n) is 3.28. The third kappa shape index (κ3) is 7.18. The molecule has 1 atom stereocenters. The summed E-state index contributed by atoms with van der Waals surface area (Å²) in [7, 11) is -2.50. The Bertz CT molecular complexity index is 1110. The predicted octanol–water partition coefficient (Wildman–Crippen LogP) is 2.79. The summed E-state index contributed by atoms with van der Waals surface area (Å²) in [5, 5.41) is 2.77. The van der Waals surface area contributed by atoms with E-state index >= 15 is 0 Å². The first kappa shape index (κ1) is 27.1. The van der Waals surface area contributed by atoms with Crippen LogP contribution in [0.3, 0.4) is 0 Å². The number of carbonyl (C=O) groups excluding carboxylic acids is 2. The van der Waals surface area contributed by atoms with Crippen LogP contribution in [0.4, 0.5) is 10.1 Å². The highest BCUT2D eigenvalue weighted by atomic mass is 32.2. The number of nitrogens with one attached hydrogen (secondary N) is 1. The fraction of sp³-hybridized carbons (Fsp3) is 0.417. The number of sulfonamides is 1. The van der Waals surface area contributed by atoms with Crippen molar-refractivity contribution in [2.24, 2.45) is 5.92 Å². The van der Waals surface area contributed by atoms with Crippen molar-refractivity contribution in [1.82, 2.24) is 10.2 Å². The van der Waals surface area contributed by atoms with Crippen molar-refractivity contribution in [3.05, 3.63) is 59.9 Å². The molecule has 0 fully saturated rings. The minimum Gasteiger partial charge on any atom is -0.495 e. The number of carbonyl (C=O) groups is 2. The first-order valence-electron chi connectivity index (χ1n) is 10.9. The van der Waals surface area contributed by atoms with Crippen LogP contribution in [-0.4, -0.2) is 57.6 Å². The molecule has 10 heteroatoms. The Labute approximate surface area is 200 Å². The summed E-state index contributed by atoms with van der Waals surface area (Å²) in [6.07, 6.45) is 0.979. The van der Waals surface area contributed by atoms with Gasteiger partial charge in [0.2, 0.25) is 21.8 Å². The van der Waals surface area contributed by atoms with Crippen LogP contribution in [0.5, 0.6) is 5.75 Å². The molecule has 0 saturated carbocycles. The summed E-state index contributed by atoms with van der Waals surface area (Å²) >= 11 is 0. The van der Waals surface area contributed by atoms with Gasteiger partial charge in [0.25, 0.3) is 0 Å². The molecule has 0 bridgehead atoms. The van der Waals surface area contributed by atoms with Crippen LogP contribution in [0.1, 0.15) is 26.3 Å². The van der Waals surface area contributed by atoms with Crippen LogP contribution in [0.25, 0.3) is 0 Å². The Morgan fingerprint density at radius 2 is 1.68 bits per heavy atom. The van der Waals surface area contributed by atoms with Crippen LogP contribution >= 0.6 is 0 Å². The van der Waals surface area contributed by atoms with Crippen LogP contribution in [0.15, 0.2) is 48.5 Å². The molecule has 0 spiro atoms. The molecule has 2 amide bonds. The van der Waals surface area contributed by atoms with Crippen molar-refractivity contribution in [3.63, 3.8) is 0 Å². The van der Waals surface area contributed by atoms with Gasteiger partial charge in [-0.3, -0.25) is 13.9 Å². The van der Waals surface area contributed by atoms with E-state index in [2.05, 4.69) is 5.32 Å². The molecule has 0 saturated heterocycles. The molecule has 34 heavy (non-hydrogen) atoms. The van der Waals surface area contributed by atoms with Crippen LogP contribution in [0.2, 0.25) is 0 Å². The molecule has 0 aliphatic carbocycles. The molecule has 0 heterocycles. The normalized spacial score (nSPS) is 12.2. The first-order chi connectivity index (χ1) is 16.0. The predicted molar refractivity (Wildman–Crippen MR) is 129 cm³/mol. The van der Waals surface area contributed by atoms with Gasteiger partial charge in [-0.25, -0.2) is 12.8 Å². The van der Waals surface area contributed by atoms with Crippen molar-refractivity contribution in [3.8, 4) is 5.75 Å². The van der Waals surface area contributed by atoms with Gasteiger partial charge in [0.1, 0.15) is 24.2 Å². The van der Waals surface area contributed by atoms with E-state index in [0.717, 1.165) is 10.6 Å². The molecule has 2 aromatic rings. The number of benzene rings is 2. The van der Waals surface area contributed by atoms with E-state index in [0.29, 0.717) is 6.54 Å². The van der Waals surface area contributed by atoms with Crippen molar-refractivity contribution in [2.45, 2.75) is 33.4 Å². The topological polar surface area (TPSA) is 96.0 Å². The van der Waals surface area contributed by atoms with Gasteiger partial charge >= 0.3 is 0 Å². The Morgan fingerprint density at radius 3 is 2.26 bits per heavy atom. The van der Waals surface area contributed by atoms with Crippen molar-refractivity contribution in [1.29, 1.82) is 0 Å². The summed E-state index contributed by atoms with van der Waals surface area (Å²) in [5.74, 6) is -1.14. The van der Waals surface area contributed by atoms with E-state index in [9.17, 15) is 22.4 Å². The van der Waals surface area contributed by atoms with E-state index in [4.69, 9.17) is 4.74 Å². The van der Waals surface area contributed by atoms with Crippen LogP contribution in [-0.2, 0) is 26.2 Å².